The monoisotopic (exact) mass is 292 g/mol. The van der Waals surface area contributed by atoms with Gasteiger partial charge >= 0.3 is 0 Å². The molecule has 0 saturated carbocycles. The van der Waals surface area contributed by atoms with Crippen LogP contribution in [0.5, 0.6) is 11.5 Å². The van der Waals surface area contributed by atoms with Gasteiger partial charge in [-0.05, 0) is 18.9 Å². The number of ether oxygens (including phenoxy) is 3. The zero-order chi connectivity index (χ0) is 14.8. The summed E-state index contributed by atoms with van der Waals surface area (Å²) < 4.78 is 16.1. The van der Waals surface area contributed by atoms with E-state index in [4.69, 9.17) is 19.9 Å². The van der Waals surface area contributed by atoms with Gasteiger partial charge in [0.1, 0.15) is 0 Å². The molecule has 2 aliphatic rings. The van der Waals surface area contributed by atoms with Crippen molar-refractivity contribution >= 4 is 11.6 Å². The highest BCUT2D eigenvalue weighted by Gasteiger charge is 2.27. The minimum absolute atomic E-state index is 0.164. The second-order valence-electron chi connectivity index (χ2n) is 5.37. The summed E-state index contributed by atoms with van der Waals surface area (Å²) in [6.07, 6.45) is 2.18. The van der Waals surface area contributed by atoms with Crippen molar-refractivity contribution in [1.82, 2.24) is 5.32 Å². The molecule has 0 aromatic heterocycles. The number of hydrogen-bond acceptors (Lipinski definition) is 5. The molecule has 2 aliphatic heterocycles. The van der Waals surface area contributed by atoms with Crippen molar-refractivity contribution < 1.29 is 19.0 Å². The second kappa shape index (κ2) is 5.81. The third-order valence-electron chi connectivity index (χ3n) is 4.06. The van der Waals surface area contributed by atoms with E-state index in [2.05, 4.69) is 12.2 Å². The highest BCUT2D eigenvalue weighted by molar-refractivity contribution is 6.00. The molecule has 0 radical (unpaired) electrons. The van der Waals surface area contributed by atoms with Crippen LogP contribution in [0.4, 0.5) is 5.69 Å². The maximum Gasteiger partial charge on any atom is 0.253 e. The van der Waals surface area contributed by atoms with Gasteiger partial charge in [0.25, 0.3) is 5.91 Å². The van der Waals surface area contributed by atoms with Crippen molar-refractivity contribution in [3.8, 4) is 11.5 Å². The summed E-state index contributed by atoms with van der Waals surface area (Å²) in [5, 5.41) is 2.94. The van der Waals surface area contributed by atoms with Crippen LogP contribution >= 0.6 is 0 Å². The van der Waals surface area contributed by atoms with Gasteiger partial charge in [-0.3, -0.25) is 4.79 Å². The molecular weight excluding hydrogens is 272 g/mol. The molecule has 6 nitrogen and oxygen atoms in total. The Kier molecular flexibility index (Phi) is 3.88. The Labute approximate surface area is 123 Å². The van der Waals surface area contributed by atoms with E-state index in [1.54, 1.807) is 12.1 Å². The van der Waals surface area contributed by atoms with Crippen molar-refractivity contribution in [3.63, 3.8) is 0 Å². The van der Waals surface area contributed by atoms with Crippen LogP contribution in [0.15, 0.2) is 12.1 Å². The first-order valence-corrected chi connectivity index (χ1v) is 7.28. The van der Waals surface area contributed by atoms with Gasteiger partial charge in [0.05, 0.1) is 11.7 Å². The topological polar surface area (TPSA) is 82.8 Å². The molecule has 1 aromatic rings. The van der Waals surface area contributed by atoms with Crippen LogP contribution in [0.3, 0.4) is 0 Å². The largest absolute Gasteiger partial charge is 0.454 e. The molecule has 0 aliphatic carbocycles. The number of fused-ring (bicyclic) bond motifs is 1. The van der Waals surface area contributed by atoms with E-state index < -0.39 is 0 Å². The fraction of sp³-hybridized carbons (Fsp3) is 0.533. The second-order valence-corrected chi connectivity index (χ2v) is 5.37. The lowest BCUT2D eigenvalue weighted by atomic mass is 9.99. The van der Waals surface area contributed by atoms with E-state index in [-0.39, 0.29) is 18.8 Å². The van der Waals surface area contributed by atoms with Crippen LogP contribution in [0.1, 0.15) is 30.1 Å². The van der Waals surface area contributed by atoms with Crippen LogP contribution < -0.4 is 20.5 Å². The summed E-state index contributed by atoms with van der Waals surface area (Å²) in [4.78, 5) is 12.3. The molecule has 2 heterocycles. The molecular formula is C15H20N2O4. The van der Waals surface area contributed by atoms with Crippen LogP contribution in [0, 0.1) is 5.92 Å². The SMILES string of the molecule is CCC1OCCC1CNC(=O)c1cc2c(cc1N)OCO2. The zero-order valence-electron chi connectivity index (χ0n) is 12.1. The molecule has 2 unspecified atom stereocenters. The lowest BCUT2D eigenvalue weighted by Gasteiger charge is -2.17. The summed E-state index contributed by atoms with van der Waals surface area (Å²) in [5.41, 5.74) is 6.73. The Morgan fingerprint density at radius 2 is 2.14 bits per heavy atom. The average molecular weight is 292 g/mol. The quantitative estimate of drug-likeness (QED) is 0.823. The van der Waals surface area contributed by atoms with Gasteiger partial charge in [0.2, 0.25) is 6.79 Å². The highest BCUT2D eigenvalue weighted by Crippen LogP contribution is 2.35. The molecule has 1 amide bonds. The number of nitrogens with two attached hydrogens (primary N) is 1. The molecule has 6 heteroatoms. The van der Waals surface area contributed by atoms with Gasteiger partial charge in [0.15, 0.2) is 11.5 Å². The maximum absolute atomic E-state index is 12.3. The summed E-state index contributed by atoms with van der Waals surface area (Å²) in [5.74, 6) is 1.33. The van der Waals surface area contributed by atoms with E-state index in [0.717, 1.165) is 19.4 Å². The molecule has 1 aromatic carbocycles. The fourth-order valence-electron chi connectivity index (χ4n) is 2.85. The smallest absolute Gasteiger partial charge is 0.253 e. The Morgan fingerprint density at radius 3 is 2.90 bits per heavy atom. The molecule has 1 fully saturated rings. The third-order valence-corrected chi connectivity index (χ3v) is 4.06. The number of carbonyl (C=O) groups excluding carboxylic acids is 1. The van der Waals surface area contributed by atoms with E-state index in [1.165, 1.54) is 0 Å². The number of amides is 1. The molecule has 1 saturated heterocycles. The number of anilines is 1. The predicted octanol–water partition coefficient (Wildman–Crippen LogP) is 1.54. The minimum Gasteiger partial charge on any atom is -0.454 e. The first-order valence-electron chi connectivity index (χ1n) is 7.28. The first-order chi connectivity index (χ1) is 10.2. The lowest BCUT2D eigenvalue weighted by Crippen LogP contribution is -2.33. The predicted molar refractivity (Wildman–Crippen MR) is 77.4 cm³/mol. The Bertz CT molecular complexity index is 547. The van der Waals surface area contributed by atoms with Crippen LogP contribution in [-0.4, -0.2) is 32.0 Å². The van der Waals surface area contributed by atoms with Crippen molar-refractivity contribution in [2.45, 2.75) is 25.9 Å². The lowest BCUT2D eigenvalue weighted by molar-refractivity contribution is 0.0827. The van der Waals surface area contributed by atoms with Gasteiger partial charge < -0.3 is 25.3 Å². The summed E-state index contributed by atoms with van der Waals surface area (Å²) >= 11 is 0. The van der Waals surface area contributed by atoms with Gasteiger partial charge in [-0.2, -0.15) is 0 Å². The van der Waals surface area contributed by atoms with Gasteiger partial charge in [-0.1, -0.05) is 6.92 Å². The Balaban J connectivity index is 1.66. The molecule has 2 atom stereocenters. The molecule has 0 spiro atoms. The fourth-order valence-corrected chi connectivity index (χ4v) is 2.85. The van der Waals surface area contributed by atoms with Crippen molar-refractivity contribution in [2.24, 2.45) is 5.92 Å². The van der Waals surface area contributed by atoms with Crippen molar-refractivity contribution in [3.05, 3.63) is 17.7 Å². The van der Waals surface area contributed by atoms with E-state index in [9.17, 15) is 4.79 Å². The molecule has 114 valence electrons. The Hall–Kier alpha value is -1.95. The van der Waals surface area contributed by atoms with E-state index >= 15 is 0 Å². The molecule has 21 heavy (non-hydrogen) atoms. The van der Waals surface area contributed by atoms with Gasteiger partial charge in [-0.25, -0.2) is 0 Å². The standard InChI is InChI=1S/C15H20N2O4/c1-2-12-9(3-4-19-12)7-17-15(18)10-5-13-14(6-11(10)16)21-8-20-13/h5-6,9,12H,2-4,7-8,16H2,1H3,(H,17,18). The third kappa shape index (κ3) is 2.76. The number of nitrogen functional groups attached to an aromatic ring is 1. The number of rotatable bonds is 4. The number of nitrogens with one attached hydrogen (secondary N) is 1. The van der Waals surface area contributed by atoms with Crippen LogP contribution in [0.2, 0.25) is 0 Å². The molecule has 3 N–H and O–H groups in total. The van der Waals surface area contributed by atoms with Crippen molar-refractivity contribution in [1.29, 1.82) is 0 Å². The van der Waals surface area contributed by atoms with E-state index in [1.807, 2.05) is 0 Å². The Morgan fingerprint density at radius 1 is 1.38 bits per heavy atom. The number of hydrogen-bond donors (Lipinski definition) is 2. The molecule has 3 rings (SSSR count). The highest BCUT2D eigenvalue weighted by atomic mass is 16.7. The minimum atomic E-state index is -0.187. The van der Waals surface area contributed by atoms with E-state index in [0.29, 0.717) is 35.2 Å². The van der Waals surface area contributed by atoms with Crippen molar-refractivity contribution in [2.75, 3.05) is 25.7 Å². The first kappa shape index (κ1) is 14.0. The average Bonchev–Trinajstić information content (AvgIpc) is 3.11. The maximum atomic E-state index is 12.3. The summed E-state index contributed by atoms with van der Waals surface area (Å²) in [7, 11) is 0. The normalized spacial score (nSPS) is 23.3. The van der Waals surface area contributed by atoms with Gasteiger partial charge in [0, 0.05) is 30.8 Å². The number of carbonyl (C=O) groups is 1. The zero-order valence-corrected chi connectivity index (χ0v) is 12.1. The molecule has 0 bridgehead atoms. The van der Waals surface area contributed by atoms with Crippen LogP contribution in [-0.2, 0) is 4.74 Å². The van der Waals surface area contributed by atoms with Crippen LogP contribution in [0.25, 0.3) is 0 Å². The summed E-state index contributed by atoms with van der Waals surface area (Å²) in [6.45, 7) is 3.63. The number of benzene rings is 1. The van der Waals surface area contributed by atoms with Gasteiger partial charge in [-0.15, -0.1) is 0 Å². The summed E-state index contributed by atoms with van der Waals surface area (Å²) in [6, 6.07) is 3.26.